The van der Waals surface area contributed by atoms with Crippen molar-refractivity contribution in [1.82, 2.24) is 10.6 Å². The molecule has 0 bridgehead atoms. The molecule has 0 unspecified atom stereocenters. The second-order valence-electron chi connectivity index (χ2n) is 6.27. The van der Waals surface area contributed by atoms with Gasteiger partial charge in [0.25, 0.3) is 0 Å². The van der Waals surface area contributed by atoms with Crippen LogP contribution in [0.4, 0.5) is 0 Å². The first-order valence-corrected chi connectivity index (χ1v) is 10.7. The van der Waals surface area contributed by atoms with E-state index >= 15 is 0 Å². The monoisotopic (exact) mass is 392 g/mol. The van der Waals surface area contributed by atoms with Crippen LogP contribution in [0.2, 0.25) is 0 Å². The topological polar surface area (TPSA) is 70.2 Å². The van der Waals surface area contributed by atoms with Gasteiger partial charge in [-0.25, -0.2) is 0 Å². The van der Waals surface area contributed by atoms with Crippen molar-refractivity contribution in [2.24, 2.45) is 0 Å². The molecule has 0 fully saturated rings. The summed E-state index contributed by atoms with van der Waals surface area (Å²) in [6, 6.07) is 0. The van der Waals surface area contributed by atoms with E-state index in [1.165, 1.54) is 25.7 Å². The van der Waals surface area contributed by atoms with Gasteiger partial charge < -0.3 is 34.3 Å². The molecule has 0 aromatic rings. The molecule has 0 aliphatic rings. The van der Waals surface area contributed by atoms with Crippen LogP contribution in [0.3, 0.4) is 0 Å². The summed E-state index contributed by atoms with van der Waals surface area (Å²) >= 11 is 0. The van der Waals surface area contributed by atoms with Crippen molar-refractivity contribution in [1.29, 1.82) is 0 Å². The summed E-state index contributed by atoms with van der Waals surface area (Å²) < 4.78 is 27.3. The molecular formula is C20H44N2O5. The predicted octanol–water partition coefficient (Wildman–Crippen LogP) is 1.85. The number of unbranched alkanes of at least 4 members (excludes halogenated alkanes) is 2. The van der Waals surface area contributed by atoms with Gasteiger partial charge in [0, 0.05) is 13.1 Å². The van der Waals surface area contributed by atoms with Gasteiger partial charge in [-0.05, 0) is 25.9 Å². The number of ether oxygens (including phenoxy) is 5. The Morgan fingerprint density at radius 2 is 0.704 bits per heavy atom. The lowest BCUT2D eigenvalue weighted by molar-refractivity contribution is -0.0105. The molecule has 0 radical (unpaired) electrons. The smallest absolute Gasteiger partial charge is 0.0701 e. The number of hydrogen-bond acceptors (Lipinski definition) is 7. The molecule has 2 N–H and O–H groups in total. The van der Waals surface area contributed by atoms with Crippen LogP contribution in [0.15, 0.2) is 0 Å². The van der Waals surface area contributed by atoms with E-state index in [1.807, 2.05) is 0 Å². The van der Waals surface area contributed by atoms with Crippen LogP contribution in [0.5, 0.6) is 0 Å². The summed E-state index contributed by atoms with van der Waals surface area (Å²) in [4.78, 5) is 0. The van der Waals surface area contributed by atoms with Gasteiger partial charge in [0.2, 0.25) is 0 Å². The van der Waals surface area contributed by atoms with Crippen molar-refractivity contribution < 1.29 is 23.7 Å². The maximum Gasteiger partial charge on any atom is 0.0701 e. The Bertz CT molecular complexity index is 237. The fourth-order valence-electron chi connectivity index (χ4n) is 2.12. The van der Waals surface area contributed by atoms with Crippen molar-refractivity contribution in [3.8, 4) is 0 Å². The van der Waals surface area contributed by atoms with Crippen LogP contribution in [-0.4, -0.2) is 92.2 Å². The van der Waals surface area contributed by atoms with E-state index < -0.39 is 0 Å². The molecule has 7 heteroatoms. The van der Waals surface area contributed by atoms with Gasteiger partial charge in [0.1, 0.15) is 0 Å². The summed E-state index contributed by atoms with van der Waals surface area (Å²) in [6.07, 6.45) is 4.89. The third kappa shape index (κ3) is 25.7. The molecule has 0 aromatic carbocycles. The molecule has 0 rings (SSSR count). The van der Waals surface area contributed by atoms with Crippen molar-refractivity contribution in [2.75, 3.05) is 92.2 Å². The molecule has 27 heavy (non-hydrogen) atoms. The van der Waals surface area contributed by atoms with E-state index in [0.29, 0.717) is 52.9 Å². The highest BCUT2D eigenvalue weighted by atomic mass is 16.6. The zero-order valence-corrected chi connectivity index (χ0v) is 17.8. The molecule has 0 saturated carbocycles. The van der Waals surface area contributed by atoms with E-state index in [4.69, 9.17) is 23.7 Å². The number of rotatable bonds is 24. The lowest BCUT2D eigenvalue weighted by Gasteiger charge is -2.08. The van der Waals surface area contributed by atoms with Gasteiger partial charge in [-0.3, -0.25) is 0 Å². The van der Waals surface area contributed by atoms with Crippen molar-refractivity contribution in [3.63, 3.8) is 0 Å². The van der Waals surface area contributed by atoms with Gasteiger partial charge >= 0.3 is 0 Å². The van der Waals surface area contributed by atoms with Crippen molar-refractivity contribution in [2.45, 2.75) is 39.5 Å². The molecule has 0 saturated heterocycles. The van der Waals surface area contributed by atoms with E-state index in [-0.39, 0.29) is 0 Å². The quantitative estimate of drug-likeness (QED) is 0.243. The molecule has 164 valence electrons. The fourth-order valence-corrected chi connectivity index (χ4v) is 2.12. The Hall–Kier alpha value is -0.280. The standard InChI is InChI=1S/C20H44N2O5/c1-3-5-7-21-9-11-23-13-15-25-17-19-27-20-18-26-16-14-24-12-10-22-8-6-4-2/h21-22H,3-20H2,1-2H3. The van der Waals surface area contributed by atoms with E-state index in [2.05, 4.69) is 24.5 Å². The molecule has 7 nitrogen and oxygen atoms in total. The average Bonchev–Trinajstić information content (AvgIpc) is 2.68. The minimum absolute atomic E-state index is 0.585. The molecule has 0 atom stereocenters. The van der Waals surface area contributed by atoms with Crippen LogP contribution in [0, 0.1) is 0 Å². The van der Waals surface area contributed by atoms with E-state index in [9.17, 15) is 0 Å². The van der Waals surface area contributed by atoms with Crippen LogP contribution >= 0.6 is 0 Å². The fraction of sp³-hybridized carbons (Fsp3) is 1.00. The number of hydrogen-bond donors (Lipinski definition) is 2. The highest BCUT2D eigenvalue weighted by Gasteiger charge is 1.94. The molecule has 0 aromatic heterocycles. The zero-order valence-electron chi connectivity index (χ0n) is 17.8. The zero-order chi connectivity index (χ0) is 19.7. The maximum atomic E-state index is 5.47. The summed E-state index contributed by atoms with van der Waals surface area (Å²) in [5, 5.41) is 6.67. The van der Waals surface area contributed by atoms with Crippen LogP contribution in [0.25, 0.3) is 0 Å². The lowest BCUT2D eigenvalue weighted by Crippen LogP contribution is -2.22. The second kappa shape index (κ2) is 25.7. The first-order chi connectivity index (χ1) is 13.4. The average molecular weight is 393 g/mol. The van der Waals surface area contributed by atoms with Crippen molar-refractivity contribution >= 4 is 0 Å². The van der Waals surface area contributed by atoms with E-state index in [1.54, 1.807) is 0 Å². The molecule has 0 heterocycles. The molecule has 0 amide bonds. The normalized spacial score (nSPS) is 11.3. The molecule has 0 spiro atoms. The Morgan fingerprint density at radius 3 is 1.00 bits per heavy atom. The summed E-state index contributed by atoms with van der Waals surface area (Å²) in [5.74, 6) is 0. The second-order valence-corrected chi connectivity index (χ2v) is 6.27. The summed E-state index contributed by atoms with van der Waals surface area (Å²) in [6.45, 7) is 14.6. The molecular weight excluding hydrogens is 348 g/mol. The van der Waals surface area contributed by atoms with Crippen LogP contribution in [0.1, 0.15) is 39.5 Å². The number of nitrogens with one attached hydrogen (secondary N) is 2. The van der Waals surface area contributed by atoms with Gasteiger partial charge in [-0.2, -0.15) is 0 Å². The predicted molar refractivity (Wildman–Crippen MR) is 110 cm³/mol. The highest BCUT2D eigenvalue weighted by Crippen LogP contribution is 1.85. The Morgan fingerprint density at radius 1 is 0.407 bits per heavy atom. The molecule has 0 aliphatic carbocycles. The largest absolute Gasteiger partial charge is 0.378 e. The summed E-state index contributed by atoms with van der Waals surface area (Å²) in [5.41, 5.74) is 0. The Kier molecular flexibility index (Phi) is 25.5. The van der Waals surface area contributed by atoms with Gasteiger partial charge in [0.05, 0.1) is 66.1 Å². The summed E-state index contributed by atoms with van der Waals surface area (Å²) in [7, 11) is 0. The lowest BCUT2D eigenvalue weighted by atomic mass is 10.3. The first kappa shape index (κ1) is 26.7. The maximum absolute atomic E-state index is 5.47. The third-order valence-electron chi connectivity index (χ3n) is 3.75. The van der Waals surface area contributed by atoms with Crippen molar-refractivity contribution in [3.05, 3.63) is 0 Å². The Labute approximate surface area is 166 Å². The first-order valence-electron chi connectivity index (χ1n) is 10.7. The van der Waals surface area contributed by atoms with Gasteiger partial charge in [-0.15, -0.1) is 0 Å². The minimum atomic E-state index is 0.585. The SMILES string of the molecule is CCCCNCCOCCOCCOCCOCCOCCNCCCC. The molecule has 0 aliphatic heterocycles. The van der Waals surface area contributed by atoms with E-state index in [0.717, 1.165) is 39.4 Å². The van der Waals surface area contributed by atoms with Crippen LogP contribution < -0.4 is 10.6 Å². The Balaban J connectivity index is 2.95. The highest BCUT2D eigenvalue weighted by molar-refractivity contribution is 4.46. The van der Waals surface area contributed by atoms with Gasteiger partial charge in [-0.1, -0.05) is 26.7 Å². The van der Waals surface area contributed by atoms with Gasteiger partial charge in [0.15, 0.2) is 0 Å². The minimum Gasteiger partial charge on any atom is -0.378 e. The van der Waals surface area contributed by atoms with Crippen LogP contribution in [-0.2, 0) is 23.7 Å². The third-order valence-corrected chi connectivity index (χ3v) is 3.75.